The smallest absolute Gasteiger partial charge is 0.132 e. The second-order valence-corrected chi connectivity index (χ2v) is 1.76. The number of aromatic nitrogens is 2. The maximum atomic E-state index is 8.71. The maximum absolute atomic E-state index is 8.71. The van der Waals surface area contributed by atoms with Crippen molar-refractivity contribution in [1.29, 1.82) is 0 Å². The van der Waals surface area contributed by atoms with Crippen molar-refractivity contribution in [3.63, 3.8) is 0 Å². The summed E-state index contributed by atoms with van der Waals surface area (Å²) in [6.45, 7) is -2.66. The summed E-state index contributed by atoms with van der Waals surface area (Å²) < 4.78 is 21.0. The molecule has 1 aromatic heterocycles. The highest BCUT2D eigenvalue weighted by Gasteiger charge is 1.97. The Labute approximate surface area is 62.9 Å². The van der Waals surface area contributed by atoms with Crippen molar-refractivity contribution in [3.05, 3.63) is 17.6 Å². The van der Waals surface area contributed by atoms with Crippen LogP contribution in [0.2, 0.25) is 0 Å². The van der Waals surface area contributed by atoms with Crippen LogP contribution in [0.3, 0.4) is 0 Å². The lowest BCUT2D eigenvalue weighted by Crippen LogP contribution is -2.00. The van der Waals surface area contributed by atoms with Crippen LogP contribution in [-0.4, -0.2) is 15.1 Å². The fraction of sp³-hybridized carbons (Fsp3) is 0.333. The van der Waals surface area contributed by atoms with Gasteiger partial charge >= 0.3 is 0 Å². The van der Waals surface area contributed by atoms with Crippen molar-refractivity contribution in [2.45, 2.75) is 13.5 Å². The van der Waals surface area contributed by atoms with Crippen LogP contribution in [0, 0.1) is 6.85 Å². The van der Waals surface area contributed by atoms with Gasteiger partial charge in [-0.15, -0.1) is 0 Å². The summed E-state index contributed by atoms with van der Waals surface area (Å²) in [5, 5.41) is 8.71. The van der Waals surface area contributed by atoms with Crippen molar-refractivity contribution in [2.24, 2.45) is 0 Å². The summed E-state index contributed by atoms with van der Waals surface area (Å²) in [7, 11) is 0. The quantitative estimate of drug-likeness (QED) is 0.572. The van der Waals surface area contributed by atoms with Gasteiger partial charge in [0.25, 0.3) is 0 Å². The first-order valence-corrected chi connectivity index (χ1v) is 2.68. The zero-order valence-corrected chi connectivity index (χ0v) is 5.20. The number of aliphatic hydroxyl groups excluding tert-OH is 1. The van der Waals surface area contributed by atoms with Crippen LogP contribution in [0.1, 0.15) is 15.5 Å². The largest absolute Gasteiger partial charge is 0.391 e. The third-order valence-corrected chi connectivity index (χ3v) is 1.07. The topological polar surface area (TPSA) is 72.0 Å². The molecule has 0 amide bonds. The first-order valence-electron chi connectivity index (χ1n) is 4.18. The maximum Gasteiger partial charge on any atom is 0.132 e. The van der Waals surface area contributed by atoms with Crippen molar-refractivity contribution >= 4 is 5.82 Å². The van der Waals surface area contributed by atoms with Gasteiger partial charge in [0.1, 0.15) is 11.6 Å². The van der Waals surface area contributed by atoms with E-state index in [4.69, 9.17) is 15.0 Å². The molecule has 0 aliphatic heterocycles. The molecule has 4 nitrogen and oxygen atoms in total. The van der Waals surface area contributed by atoms with Crippen LogP contribution < -0.4 is 5.73 Å². The second kappa shape index (κ2) is 2.62. The Balaban J connectivity index is 3.10. The molecule has 0 saturated carbocycles. The molecule has 0 aliphatic rings. The van der Waals surface area contributed by atoms with Crippen LogP contribution in [0.25, 0.3) is 0 Å². The van der Waals surface area contributed by atoms with Gasteiger partial charge in [-0.25, -0.2) is 9.97 Å². The lowest BCUT2D eigenvalue weighted by atomic mass is 10.3. The number of aryl methyl sites for hydroxylation is 1. The molecule has 1 aromatic rings. The van der Waals surface area contributed by atoms with E-state index in [1.54, 1.807) is 0 Å². The minimum atomic E-state index is -2.36. The number of nitrogens with two attached hydrogens (primary N) is 1. The molecule has 0 bridgehead atoms. The van der Waals surface area contributed by atoms with Crippen molar-refractivity contribution < 1.29 is 9.22 Å². The monoisotopic (exact) mass is 142 g/mol. The summed E-state index contributed by atoms with van der Waals surface area (Å²) >= 11 is 0. The molecular formula is C6H9N3O. The van der Waals surface area contributed by atoms with Crippen molar-refractivity contribution in [1.82, 2.24) is 9.97 Å². The molecule has 0 radical (unpaired) electrons. The molecule has 1 heterocycles. The van der Waals surface area contributed by atoms with Gasteiger partial charge in [-0.3, -0.25) is 0 Å². The average molecular weight is 142 g/mol. The normalized spacial score (nSPS) is 15.5. The number of nitrogen functional groups attached to an aromatic ring is 1. The van der Waals surface area contributed by atoms with Crippen LogP contribution in [0.4, 0.5) is 5.82 Å². The molecular weight excluding hydrogens is 130 g/mol. The number of hydrogen-bond donors (Lipinski definition) is 2. The lowest BCUT2D eigenvalue weighted by Gasteiger charge is -1.99. The molecule has 0 fully saturated rings. The van der Waals surface area contributed by atoms with Gasteiger partial charge in [-0.1, -0.05) is 0 Å². The molecule has 3 N–H and O–H groups in total. The zero-order valence-electron chi connectivity index (χ0n) is 8.20. The van der Waals surface area contributed by atoms with E-state index in [0.29, 0.717) is 5.56 Å². The van der Waals surface area contributed by atoms with E-state index in [1.165, 1.54) is 6.20 Å². The van der Waals surface area contributed by atoms with Gasteiger partial charge in [0.05, 0.1) is 6.61 Å². The minimum absolute atomic E-state index is 0.00336. The number of aliphatic hydroxyl groups is 1. The Bertz CT molecular complexity index is 312. The van der Waals surface area contributed by atoms with Gasteiger partial charge in [0, 0.05) is 15.9 Å². The Morgan fingerprint density at radius 2 is 2.70 bits per heavy atom. The minimum Gasteiger partial charge on any atom is -0.391 e. The first-order chi connectivity index (χ1) is 5.95. The average Bonchev–Trinajstić information content (AvgIpc) is 2.02. The van der Waals surface area contributed by atoms with E-state index in [-0.39, 0.29) is 18.2 Å². The van der Waals surface area contributed by atoms with Crippen LogP contribution in [0.5, 0.6) is 0 Å². The van der Waals surface area contributed by atoms with Crippen LogP contribution in [0.15, 0.2) is 6.20 Å². The Hall–Kier alpha value is -1.16. The number of nitrogens with zero attached hydrogens (tertiary/aromatic N) is 2. The number of anilines is 1. The van der Waals surface area contributed by atoms with Gasteiger partial charge in [0.2, 0.25) is 0 Å². The fourth-order valence-electron chi connectivity index (χ4n) is 0.542. The van der Waals surface area contributed by atoms with Crippen LogP contribution in [-0.2, 0) is 6.61 Å². The molecule has 0 unspecified atom stereocenters. The third kappa shape index (κ3) is 1.22. The molecule has 0 aromatic carbocycles. The molecule has 0 spiro atoms. The van der Waals surface area contributed by atoms with Gasteiger partial charge in [0.15, 0.2) is 0 Å². The van der Waals surface area contributed by atoms with E-state index in [2.05, 4.69) is 9.97 Å². The number of rotatable bonds is 1. The van der Waals surface area contributed by atoms with Crippen LogP contribution >= 0.6 is 0 Å². The molecule has 4 heteroatoms. The Kier molecular flexibility index (Phi) is 1.01. The molecule has 0 saturated heterocycles. The predicted molar refractivity (Wildman–Crippen MR) is 37.1 cm³/mol. The zero-order chi connectivity index (χ0) is 10.1. The fourth-order valence-corrected chi connectivity index (χ4v) is 0.542. The van der Waals surface area contributed by atoms with Crippen molar-refractivity contribution in [2.75, 3.05) is 5.73 Å². The first kappa shape index (κ1) is 3.88. The number of hydrogen-bond acceptors (Lipinski definition) is 4. The van der Waals surface area contributed by atoms with Gasteiger partial charge < -0.3 is 10.8 Å². The highest BCUT2D eigenvalue weighted by Crippen LogP contribution is 2.05. The molecule has 0 aliphatic carbocycles. The van der Waals surface area contributed by atoms with Gasteiger partial charge in [-0.2, -0.15) is 0 Å². The van der Waals surface area contributed by atoms with E-state index >= 15 is 0 Å². The molecule has 54 valence electrons. The summed E-state index contributed by atoms with van der Waals surface area (Å²) in [5.74, 6) is -0.300. The third-order valence-electron chi connectivity index (χ3n) is 1.07. The summed E-state index contributed by atoms with van der Waals surface area (Å²) in [6, 6.07) is 0. The standard InChI is InChI=1S/C6H9N3O/c1-4-8-2-5(3-10)6(7)9-4/h2,10H,3H2,1H3,(H2,7,8,9)/i1D3. The Morgan fingerprint density at radius 3 is 3.20 bits per heavy atom. The summed E-state index contributed by atoms with van der Waals surface area (Å²) in [5.41, 5.74) is 5.69. The summed E-state index contributed by atoms with van der Waals surface area (Å²) in [6.07, 6.45) is 1.21. The van der Waals surface area contributed by atoms with E-state index in [1.807, 2.05) is 0 Å². The van der Waals surface area contributed by atoms with E-state index in [0.717, 1.165) is 0 Å². The van der Waals surface area contributed by atoms with E-state index in [9.17, 15) is 0 Å². The lowest BCUT2D eigenvalue weighted by molar-refractivity contribution is 0.281. The molecule has 10 heavy (non-hydrogen) atoms. The second-order valence-electron chi connectivity index (χ2n) is 1.76. The highest BCUT2D eigenvalue weighted by molar-refractivity contribution is 5.36. The predicted octanol–water partition coefficient (Wildman–Crippen LogP) is -0.140. The summed E-state index contributed by atoms with van der Waals surface area (Å²) in [4.78, 5) is 7.13. The van der Waals surface area contributed by atoms with Crippen molar-refractivity contribution in [3.8, 4) is 0 Å². The highest BCUT2D eigenvalue weighted by atomic mass is 16.3. The molecule has 1 rings (SSSR count). The molecule has 0 atom stereocenters. The van der Waals surface area contributed by atoms with E-state index < -0.39 is 6.85 Å². The van der Waals surface area contributed by atoms with Gasteiger partial charge in [-0.05, 0) is 6.85 Å². The SMILES string of the molecule is [2H]C([2H])([2H])c1ncc(CO)c(N)n1. The Morgan fingerprint density at radius 1 is 1.90 bits per heavy atom.